The zero-order chi connectivity index (χ0) is 12.3. The molecule has 1 saturated carbocycles. The van der Waals surface area contributed by atoms with Gasteiger partial charge in [-0.15, -0.1) is 0 Å². The second kappa shape index (κ2) is 5.27. The van der Waals surface area contributed by atoms with Gasteiger partial charge in [0.25, 0.3) is 5.91 Å². The summed E-state index contributed by atoms with van der Waals surface area (Å²) in [4.78, 5) is 11.7. The van der Waals surface area contributed by atoms with Gasteiger partial charge in [-0.05, 0) is 49.4 Å². The fourth-order valence-electron chi connectivity index (χ4n) is 2.17. The van der Waals surface area contributed by atoms with E-state index in [4.69, 9.17) is 0 Å². The van der Waals surface area contributed by atoms with E-state index in [-0.39, 0.29) is 17.8 Å². The van der Waals surface area contributed by atoms with Gasteiger partial charge in [0.2, 0.25) is 0 Å². The molecule has 1 aliphatic rings. The smallest absolute Gasteiger partial charge is 0.251 e. The minimum atomic E-state index is -0.347. The highest BCUT2D eigenvalue weighted by atomic mass is 19.1. The van der Waals surface area contributed by atoms with E-state index in [1.807, 2.05) is 0 Å². The Morgan fingerprint density at radius 3 is 2.65 bits per heavy atom. The third-order valence-electron chi connectivity index (χ3n) is 3.17. The van der Waals surface area contributed by atoms with Crippen LogP contribution in [-0.4, -0.2) is 23.7 Å². The van der Waals surface area contributed by atoms with Crippen molar-refractivity contribution in [1.82, 2.24) is 5.32 Å². The predicted octanol–water partition coefficient (Wildman–Crippen LogP) is 1.72. The molecule has 2 N–H and O–H groups in total. The first-order chi connectivity index (χ1) is 8.15. The van der Waals surface area contributed by atoms with Crippen LogP contribution in [0.5, 0.6) is 0 Å². The maximum Gasteiger partial charge on any atom is 0.251 e. The summed E-state index contributed by atoms with van der Waals surface area (Å²) in [5.74, 6) is -0.179. The van der Waals surface area contributed by atoms with Crippen LogP contribution in [0.25, 0.3) is 0 Å². The zero-order valence-corrected chi connectivity index (χ0v) is 9.53. The van der Waals surface area contributed by atoms with Crippen LogP contribution in [0.2, 0.25) is 0 Å². The molecule has 0 aliphatic heterocycles. The summed E-state index contributed by atoms with van der Waals surface area (Å²) in [5, 5.41) is 12.2. The monoisotopic (exact) mass is 237 g/mol. The standard InChI is InChI=1S/C13H16FNO2/c14-11-4-2-10(3-5-11)13(17)15-8-9-1-6-12(16)7-9/h2-5,9,12,16H,1,6-8H2,(H,15,17). The number of aliphatic hydroxyl groups excluding tert-OH is 1. The average molecular weight is 237 g/mol. The normalized spacial score (nSPS) is 23.6. The SMILES string of the molecule is O=C(NCC1CCC(O)C1)c1ccc(F)cc1. The van der Waals surface area contributed by atoms with Crippen LogP contribution < -0.4 is 5.32 Å². The topological polar surface area (TPSA) is 49.3 Å². The highest BCUT2D eigenvalue weighted by molar-refractivity contribution is 5.94. The van der Waals surface area contributed by atoms with E-state index in [1.54, 1.807) is 0 Å². The first-order valence-corrected chi connectivity index (χ1v) is 5.87. The molecule has 1 aromatic rings. The summed E-state index contributed by atoms with van der Waals surface area (Å²) in [6.45, 7) is 0.577. The van der Waals surface area contributed by atoms with Gasteiger partial charge in [0.05, 0.1) is 6.10 Å². The molecule has 3 nitrogen and oxygen atoms in total. The average Bonchev–Trinajstić information content (AvgIpc) is 2.73. The van der Waals surface area contributed by atoms with Crippen molar-refractivity contribution >= 4 is 5.91 Å². The lowest BCUT2D eigenvalue weighted by molar-refractivity contribution is 0.0945. The lowest BCUT2D eigenvalue weighted by Gasteiger charge is -2.10. The Hall–Kier alpha value is -1.42. The minimum absolute atomic E-state index is 0.189. The van der Waals surface area contributed by atoms with Gasteiger partial charge >= 0.3 is 0 Å². The number of carbonyl (C=O) groups excluding carboxylic acids is 1. The van der Waals surface area contributed by atoms with Crippen LogP contribution >= 0.6 is 0 Å². The summed E-state index contributed by atoms with van der Waals surface area (Å²) in [6, 6.07) is 5.48. The Morgan fingerprint density at radius 1 is 1.35 bits per heavy atom. The summed E-state index contributed by atoms with van der Waals surface area (Å²) >= 11 is 0. The van der Waals surface area contributed by atoms with Crippen LogP contribution in [0.15, 0.2) is 24.3 Å². The molecule has 0 radical (unpaired) electrons. The number of hydrogen-bond acceptors (Lipinski definition) is 2. The van der Waals surface area contributed by atoms with Gasteiger partial charge in [-0.2, -0.15) is 0 Å². The highest BCUT2D eigenvalue weighted by Gasteiger charge is 2.23. The molecule has 0 spiro atoms. The Morgan fingerprint density at radius 2 is 2.06 bits per heavy atom. The Bertz CT molecular complexity index is 391. The van der Waals surface area contributed by atoms with E-state index < -0.39 is 0 Å². The first kappa shape index (κ1) is 12.0. The van der Waals surface area contributed by atoms with Crippen molar-refractivity contribution < 1.29 is 14.3 Å². The molecule has 2 unspecified atom stereocenters. The van der Waals surface area contributed by atoms with Gasteiger partial charge in [0.1, 0.15) is 5.82 Å². The van der Waals surface area contributed by atoms with E-state index >= 15 is 0 Å². The van der Waals surface area contributed by atoms with Gasteiger partial charge in [-0.3, -0.25) is 4.79 Å². The lowest BCUT2D eigenvalue weighted by atomic mass is 10.1. The van der Waals surface area contributed by atoms with E-state index in [1.165, 1.54) is 24.3 Å². The molecule has 17 heavy (non-hydrogen) atoms. The predicted molar refractivity (Wildman–Crippen MR) is 62.1 cm³/mol. The number of nitrogens with one attached hydrogen (secondary N) is 1. The summed E-state index contributed by atoms with van der Waals surface area (Å²) in [5.41, 5.74) is 0.463. The van der Waals surface area contributed by atoms with Gasteiger partial charge in [-0.1, -0.05) is 0 Å². The molecule has 92 valence electrons. The molecule has 0 saturated heterocycles. The molecule has 1 fully saturated rings. The largest absolute Gasteiger partial charge is 0.393 e. The van der Waals surface area contributed by atoms with E-state index in [0.717, 1.165) is 19.3 Å². The number of rotatable bonds is 3. The van der Waals surface area contributed by atoms with Crippen molar-refractivity contribution in [2.24, 2.45) is 5.92 Å². The second-order valence-corrected chi connectivity index (χ2v) is 4.55. The summed E-state index contributed by atoms with van der Waals surface area (Å²) in [6.07, 6.45) is 2.30. The van der Waals surface area contributed by atoms with Gasteiger partial charge in [0.15, 0.2) is 0 Å². The van der Waals surface area contributed by atoms with Crippen molar-refractivity contribution in [3.8, 4) is 0 Å². The Labute approximate surface area is 99.7 Å². The zero-order valence-electron chi connectivity index (χ0n) is 9.53. The van der Waals surface area contributed by atoms with Crippen molar-refractivity contribution in [2.75, 3.05) is 6.54 Å². The second-order valence-electron chi connectivity index (χ2n) is 4.55. The van der Waals surface area contributed by atoms with Crippen LogP contribution in [0.4, 0.5) is 4.39 Å². The fourth-order valence-corrected chi connectivity index (χ4v) is 2.17. The number of carbonyl (C=O) groups is 1. The Kier molecular flexibility index (Phi) is 3.74. The summed E-state index contributed by atoms with van der Waals surface area (Å²) < 4.78 is 12.7. The molecule has 1 amide bonds. The molecule has 0 aromatic heterocycles. The molecule has 1 aromatic carbocycles. The molecule has 2 atom stereocenters. The maximum absolute atomic E-state index is 12.7. The fraction of sp³-hybridized carbons (Fsp3) is 0.462. The van der Waals surface area contributed by atoms with Crippen LogP contribution in [0, 0.1) is 11.7 Å². The van der Waals surface area contributed by atoms with Crippen LogP contribution in [0.3, 0.4) is 0 Å². The molecule has 4 heteroatoms. The molecular formula is C13H16FNO2. The quantitative estimate of drug-likeness (QED) is 0.841. The van der Waals surface area contributed by atoms with E-state index in [0.29, 0.717) is 18.0 Å². The number of amides is 1. The van der Waals surface area contributed by atoms with Crippen LogP contribution in [0.1, 0.15) is 29.6 Å². The van der Waals surface area contributed by atoms with Crippen molar-refractivity contribution in [1.29, 1.82) is 0 Å². The molecule has 0 heterocycles. The van der Waals surface area contributed by atoms with Gasteiger partial charge in [-0.25, -0.2) is 4.39 Å². The van der Waals surface area contributed by atoms with Crippen molar-refractivity contribution in [3.63, 3.8) is 0 Å². The molecule has 1 aliphatic carbocycles. The van der Waals surface area contributed by atoms with Gasteiger partial charge in [0, 0.05) is 12.1 Å². The number of halogens is 1. The first-order valence-electron chi connectivity index (χ1n) is 5.87. The summed E-state index contributed by atoms with van der Waals surface area (Å²) in [7, 11) is 0. The minimum Gasteiger partial charge on any atom is -0.393 e. The third-order valence-corrected chi connectivity index (χ3v) is 3.17. The molecule has 2 rings (SSSR count). The van der Waals surface area contributed by atoms with E-state index in [2.05, 4.69) is 5.32 Å². The number of benzene rings is 1. The van der Waals surface area contributed by atoms with Crippen molar-refractivity contribution in [2.45, 2.75) is 25.4 Å². The number of aliphatic hydroxyl groups is 1. The maximum atomic E-state index is 12.7. The Balaban J connectivity index is 1.83. The third kappa shape index (κ3) is 3.27. The molecular weight excluding hydrogens is 221 g/mol. The number of hydrogen-bond donors (Lipinski definition) is 2. The molecule has 0 bridgehead atoms. The van der Waals surface area contributed by atoms with E-state index in [9.17, 15) is 14.3 Å². The lowest BCUT2D eigenvalue weighted by Crippen LogP contribution is -2.28. The van der Waals surface area contributed by atoms with Gasteiger partial charge < -0.3 is 10.4 Å². The van der Waals surface area contributed by atoms with Crippen LogP contribution in [-0.2, 0) is 0 Å². The van der Waals surface area contributed by atoms with Crippen molar-refractivity contribution in [3.05, 3.63) is 35.6 Å². The highest BCUT2D eigenvalue weighted by Crippen LogP contribution is 2.24.